The molecule has 1 fully saturated rings. The standard InChI is InChI=1S/C12H25NO4/c1-13(2)10-12-11-16-5-3-4-14-6-7-15-8-9-17-12/h12H,3-11H2,1-2H3. The van der Waals surface area contributed by atoms with Gasteiger partial charge in [0.2, 0.25) is 0 Å². The molecule has 0 radical (unpaired) electrons. The Morgan fingerprint density at radius 1 is 0.882 bits per heavy atom. The van der Waals surface area contributed by atoms with E-state index in [-0.39, 0.29) is 6.10 Å². The van der Waals surface area contributed by atoms with Crippen molar-refractivity contribution in [3.8, 4) is 0 Å². The Labute approximate surface area is 104 Å². The van der Waals surface area contributed by atoms with E-state index in [1.165, 1.54) is 0 Å². The first-order chi connectivity index (χ1) is 8.29. The molecule has 0 spiro atoms. The van der Waals surface area contributed by atoms with Gasteiger partial charge in [0.25, 0.3) is 0 Å². The van der Waals surface area contributed by atoms with Crippen LogP contribution in [0.4, 0.5) is 0 Å². The van der Waals surface area contributed by atoms with E-state index in [1.807, 2.05) is 14.1 Å². The lowest BCUT2D eigenvalue weighted by molar-refractivity contribution is -0.0451. The van der Waals surface area contributed by atoms with E-state index in [9.17, 15) is 0 Å². The summed E-state index contributed by atoms with van der Waals surface area (Å²) < 4.78 is 22.1. The monoisotopic (exact) mass is 247 g/mol. The molecule has 5 nitrogen and oxygen atoms in total. The van der Waals surface area contributed by atoms with Gasteiger partial charge in [0.15, 0.2) is 0 Å². The van der Waals surface area contributed by atoms with Crippen LogP contribution in [0.2, 0.25) is 0 Å². The van der Waals surface area contributed by atoms with Gasteiger partial charge in [-0.3, -0.25) is 0 Å². The minimum absolute atomic E-state index is 0.121. The third-order valence-corrected chi connectivity index (χ3v) is 2.40. The molecule has 1 rings (SSSR count). The molecule has 1 atom stereocenters. The highest BCUT2D eigenvalue weighted by Crippen LogP contribution is 1.98. The Hall–Kier alpha value is -0.200. The summed E-state index contributed by atoms with van der Waals surface area (Å²) in [6.45, 7) is 5.50. The number of hydrogen-bond donors (Lipinski definition) is 0. The van der Waals surface area contributed by atoms with Gasteiger partial charge in [-0.1, -0.05) is 0 Å². The number of rotatable bonds is 2. The van der Waals surface area contributed by atoms with Crippen LogP contribution in [-0.2, 0) is 18.9 Å². The van der Waals surface area contributed by atoms with Crippen molar-refractivity contribution in [1.29, 1.82) is 0 Å². The maximum absolute atomic E-state index is 5.73. The molecule has 1 saturated heterocycles. The first-order valence-electron chi connectivity index (χ1n) is 6.28. The van der Waals surface area contributed by atoms with Crippen LogP contribution in [-0.4, -0.2) is 77.9 Å². The number of nitrogens with zero attached hydrogens (tertiary/aromatic N) is 1. The van der Waals surface area contributed by atoms with Crippen LogP contribution in [0, 0.1) is 0 Å². The number of hydrogen-bond acceptors (Lipinski definition) is 5. The Morgan fingerprint density at radius 2 is 1.53 bits per heavy atom. The third kappa shape index (κ3) is 8.51. The van der Waals surface area contributed by atoms with Gasteiger partial charge >= 0.3 is 0 Å². The van der Waals surface area contributed by atoms with E-state index >= 15 is 0 Å². The topological polar surface area (TPSA) is 40.2 Å². The second-order valence-corrected chi connectivity index (χ2v) is 4.41. The lowest BCUT2D eigenvalue weighted by atomic mass is 10.3. The largest absolute Gasteiger partial charge is 0.379 e. The maximum atomic E-state index is 5.73. The minimum Gasteiger partial charge on any atom is -0.379 e. The summed E-state index contributed by atoms with van der Waals surface area (Å²) in [5.41, 5.74) is 0. The van der Waals surface area contributed by atoms with Gasteiger partial charge in [0, 0.05) is 19.8 Å². The molecular weight excluding hydrogens is 222 g/mol. The highest BCUT2D eigenvalue weighted by atomic mass is 16.6. The van der Waals surface area contributed by atoms with E-state index < -0.39 is 0 Å². The van der Waals surface area contributed by atoms with Gasteiger partial charge in [0.1, 0.15) is 0 Å². The molecule has 1 heterocycles. The number of likely N-dealkylation sites (N-methyl/N-ethyl adjacent to an activating group) is 1. The SMILES string of the molecule is CN(C)CC1COCCCOCCOCCO1. The average molecular weight is 247 g/mol. The lowest BCUT2D eigenvalue weighted by Crippen LogP contribution is -2.33. The third-order valence-electron chi connectivity index (χ3n) is 2.40. The molecule has 102 valence electrons. The molecule has 0 saturated carbocycles. The van der Waals surface area contributed by atoms with Gasteiger partial charge in [0.05, 0.1) is 39.1 Å². The van der Waals surface area contributed by atoms with Crippen molar-refractivity contribution in [2.75, 3.05) is 66.9 Å². The molecule has 0 amide bonds. The quantitative estimate of drug-likeness (QED) is 0.706. The highest BCUT2D eigenvalue weighted by Gasteiger charge is 2.11. The zero-order valence-electron chi connectivity index (χ0n) is 11.0. The first-order valence-corrected chi connectivity index (χ1v) is 6.28. The summed E-state index contributed by atoms with van der Waals surface area (Å²) >= 11 is 0. The molecule has 0 aromatic carbocycles. The molecule has 1 aliphatic rings. The van der Waals surface area contributed by atoms with Crippen molar-refractivity contribution in [2.24, 2.45) is 0 Å². The summed E-state index contributed by atoms with van der Waals surface area (Å²) in [7, 11) is 4.07. The van der Waals surface area contributed by atoms with Crippen LogP contribution in [0.1, 0.15) is 6.42 Å². The molecule has 0 aromatic rings. The van der Waals surface area contributed by atoms with Gasteiger partial charge < -0.3 is 23.8 Å². The summed E-state index contributed by atoms with van der Waals surface area (Å²) in [5, 5.41) is 0. The summed E-state index contributed by atoms with van der Waals surface area (Å²) in [6, 6.07) is 0. The Kier molecular flexibility index (Phi) is 8.56. The molecule has 5 heteroatoms. The second kappa shape index (κ2) is 9.79. The minimum atomic E-state index is 0.121. The fourth-order valence-corrected chi connectivity index (χ4v) is 1.63. The van der Waals surface area contributed by atoms with Crippen LogP contribution in [0.25, 0.3) is 0 Å². The van der Waals surface area contributed by atoms with Crippen molar-refractivity contribution in [1.82, 2.24) is 4.90 Å². The molecule has 1 unspecified atom stereocenters. The summed E-state index contributed by atoms with van der Waals surface area (Å²) in [6.07, 6.45) is 1.05. The molecule has 0 bridgehead atoms. The maximum Gasteiger partial charge on any atom is 0.0935 e. The van der Waals surface area contributed by atoms with Crippen molar-refractivity contribution < 1.29 is 18.9 Å². The van der Waals surface area contributed by atoms with Crippen LogP contribution in [0.5, 0.6) is 0 Å². The first kappa shape index (κ1) is 14.9. The predicted octanol–water partition coefficient (Wildman–Crippen LogP) is 0.387. The average Bonchev–Trinajstić information content (AvgIpc) is 2.30. The van der Waals surface area contributed by atoms with E-state index in [1.54, 1.807) is 0 Å². The normalized spacial score (nSPS) is 25.9. The van der Waals surface area contributed by atoms with Crippen molar-refractivity contribution in [3.05, 3.63) is 0 Å². The van der Waals surface area contributed by atoms with E-state index in [0.29, 0.717) is 33.0 Å². The highest BCUT2D eigenvalue weighted by molar-refractivity contribution is 4.60. The fourth-order valence-electron chi connectivity index (χ4n) is 1.63. The number of ether oxygens (including phenoxy) is 4. The van der Waals surface area contributed by atoms with Gasteiger partial charge in [-0.05, 0) is 20.5 Å². The van der Waals surface area contributed by atoms with Gasteiger partial charge in [-0.15, -0.1) is 0 Å². The predicted molar refractivity (Wildman–Crippen MR) is 65.4 cm³/mol. The molecular formula is C12H25NO4. The van der Waals surface area contributed by atoms with Crippen molar-refractivity contribution in [2.45, 2.75) is 12.5 Å². The van der Waals surface area contributed by atoms with Crippen molar-refractivity contribution >= 4 is 0 Å². The van der Waals surface area contributed by atoms with E-state index in [2.05, 4.69) is 4.90 Å². The lowest BCUT2D eigenvalue weighted by Gasteiger charge is -2.21. The summed E-state index contributed by atoms with van der Waals surface area (Å²) in [4.78, 5) is 2.11. The van der Waals surface area contributed by atoms with Crippen LogP contribution < -0.4 is 0 Å². The van der Waals surface area contributed by atoms with Gasteiger partial charge in [-0.25, -0.2) is 0 Å². The Bertz CT molecular complexity index is 164. The van der Waals surface area contributed by atoms with Crippen LogP contribution in [0.3, 0.4) is 0 Å². The zero-order chi connectivity index (χ0) is 12.3. The molecule has 1 aliphatic heterocycles. The van der Waals surface area contributed by atoms with Gasteiger partial charge in [-0.2, -0.15) is 0 Å². The smallest absolute Gasteiger partial charge is 0.0935 e. The molecule has 17 heavy (non-hydrogen) atoms. The second-order valence-electron chi connectivity index (χ2n) is 4.41. The molecule has 0 aliphatic carbocycles. The van der Waals surface area contributed by atoms with E-state index in [0.717, 1.165) is 26.2 Å². The van der Waals surface area contributed by atoms with Crippen molar-refractivity contribution in [3.63, 3.8) is 0 Å². The Morgan fingerprint density at radius 3 is 2.29 bits per heavy atom. The van der Waals surface area contributed by atoms with E-state index in [4.69, 9.17) is 18.9 Å². The summed E-state index contributed by atoms with van der Waals surface area (Å²) in [5.74, 6) is 0. The Balaban J connectivity index is 2.25. The molecule has 0 N–H and O–H groups in total. The van der Waals surface area contributed by atoms with Crippen LogP contribution >= 0.6 is 0 Å². The molecule has 0 aromatic heterocycles. The van der Waals surface area contributed by atoms with Crippen LogP contribution in [0.15, 0.2) is 0 Å². The zero-order valence-corrected chi connectivity index (χ0v) is 11.0. The fraction of sp³-hybridized carbons (Fsp3) is 1.00.